The third-order valence-electron chi connectivity index (χ3n) is 6.90. The van der Waals surface area contributed by atoms with Gasteiger partial charge in [-0.1, -0.05) is 11.6 Å². The molecule has 5 rings (SSSR count). The molecule has 0 spiro atoms. The lowest BCUT2D eigenvalue weighted by atomic mass is 10.1. The molecule has 1 N–H and O–H groups in total. The van der Waals surface area contributed by atoms with E-state index in [1.807, 2.05) is 30.5 Å². The van der Waals surface area contributed by atoms with Gasteiger partial charge in [0.2, 0.25) is 0 Å². The third-order valence-corrected chi connectivity index (χ3v) is 7.13. The highest BCUT2D eigenvalue weighted by molar-refractivity contribution is 6.31. The van der Waals surface area contributed by atoms with E-state index >= 15 is 0 Å². The second-order valence-electron chi connectivity index (χ2n) is 9.36. The molecule has 0 amide bonds. The first kappa shape index (κ1) is 22.4. The van der Waals surface area contributed by atoms with Crippen molar-refractivity contribution in [2.45, 2.75) is 6.54 Å². The topological polar surface area (TPSA) is 37.9 Å². The fraction of sp³-hybridized carbons (Fsp3) is 0.423. The number of hydrogen-bond donors (Lipinski definition) is 1. The lowest BCUT2D eigenvalue weighted by Crippen LogP contribution is -2.46. The summed E-state index contributed by atoms with van der Waals surface area (Å²) in [5, 5.41) is 5.43. The van der Waals surface area contributed by atoms with Gasteiger partial charge in [-0.2, -0.15) is 0 Å². The Labute approximate surface area is 201 Å². The van der Waals surface area contributed by atoms with E-state index in [-0.39, 0.29) is 0 Å². The second-order valence-corrected chi connectivity index (χ2v) is 9.79. The van der Waals surface area contributed by atoms with Crippen LogP contribution in [-0.2, 0) is 6.54 Å². The molecule has 2 aliphatic rings. The van der Waals surface area contributed by atoms with Crippen LogP contribution in [0.4, 0.5) is 17.1 Å². The highest BCUT2D eigenvalue weighted by atomic mass is 35.5. The molecule has 6 nitrogen and oxygen atoms in total. The molecule has 2 aromatic carbocycles. The Morgan fingerprint density at radius 3 is 2.33 bits per heavy atom. The molecule has 33 heavy (non-hydrogen) atoms. The maximum absolute atomic E-state index is 6.18. The molecule has 0 aliphatic carbocycles. The van der Waals surface area contributed by atoms with Gasteiger partial charge in [-0.15, -0.1) is 0 Å². The van der Waals surface area contributed by atoms with Crippen molar-refractivity contribution in [2.75, 3.05) is 76.7 Å². The number of anilines is 3. The van der Waals surface area contributed by atoms with E-state index < -0.39 is 0 Å². The summed E-state index contributed by atoms with van der Waals surface area (Å²) in [5.41, 5.74) is 5.84. The number of aromatic nitrogens is 1. The molecule has 3 aromatic rings. The number of rotatable bonds is 5. The summed E-state index contributed by atoms with van der Waals surface area (Å²) in [6.07, 6.45) is 1.84. The van der Waals surface area contributed by atoms with E-state index in [9.17, 15) is 0 Å². The maximum atomic E-state index is 6.18. The highest BCUT2D eigenvalue weighted by Gasteiger charge is 2.20. The minimum absolute atomic E-state index is 0.707. The van der Waals surface area contributed by atoms with Crippen LogP contribution in [0.1, 0.15) is 5.56 Å². The summed E-state index contributed by atoms with van der Waals surface area (Å²) in [6, 6.07) is 14.8. The number of halogens is 1. The quantitative estimate of drug-likeness (QED) is 0.612. The molecule has 3 heterocycles. The summed E-state index contributed by atoms with van der Waals surface area (Å²) in [5.74, 6) is 0. The number of piperazine rings is 2. The Bertz CT molecular complexity index is 1100. The Hall–Kier alpha value is -2.38. The molecular weight excluding hydrogens is 432 g/mol. The smallest absolute Gasteiger partial charge is 0.0737 e. The van der Waals surface area contributed by atoms with Crippen LogP contribution in [0.2, 0.25) is 5.02 Å². The summed E-state index contributed by atoms with van der Waals surface area (Å²) in [4.78, 5) is 14.4. The average Bonchev–Trinajstić information content (AvgIpc) is 2.81. The van der Waals surface area contributed by atoms with Crippen molar-refractivity contribution in [2.24, 2.45) is 0 Å². The highest BCUT2D eigenvalue weighted by Crippen LogP contribution is 2.31. The lowest BCUT2D eigenvalue weighted by molar-refractivity contribution is 0.148. The number of hydrogen-bond acceptors (Lipinski definition) is 6. The fourth-order valence-electron chi connectivity index (χ4n) is 4.78. The number of likely N-dealkylation sites (N-methyl/N-ethyl adjacent to an activating group) is 2. The largest absolute Gasteiger partial charge is 0.369 e. The van der Waals surface area contributed by atoms with E-state index in [1.54, 1.807) is 0 Å². The van der Waals surface area contributed by atoms with Gasteiger partial charge in [0, 0.05) is 92.6 Å². The lowest BCUT2D eigenvalue weighted by Gasteiger charge is -2.37. The number of pyridine rings is 1. The van der Waals surface area contributed by atoms with E-state index in [1.165, 1.54) is 11.3 Å². The van der Waals surface area contributed by atoms with Crippen molar-refractivity contribution in [3.05, 3.63) is 59.2 Å². The van der Waals surface area contributed by atoms with E-state index in [0.29, 0.717) is 5.02 Å². The minimum Gasteiger partial charge on any atom is -0.369 e. The molecule has 0 radical (unpaired) electrons. The molecule has 2 aliphatic heterocycles. The summed E-state index contributed by atoms with van der Waals surface area (Å²) in [6.45, 7) is 9.86. The van der Waals surface area contributed by atoms with Gasteiger partial charge in [-0.3, -0.25) is 9.88 Å². The third kappa shape index (κ3) is 5.25. The number of fused-ring (bicyclic) bond motifs is 1. The SMILES string of the molecule is CN1CCN(Cc2cc(Nc3ccnc4cc(Cl)ccc34)ccc2N2CCN(C)CC2)CC1. The van der Waals surface area contributed by atoms with Gasteiger partial charge in [0.1, 0.15) is 0 Å². The van der Waals surface area contributed by atoms with Gasteiger partial charge in [-0.05, 0) is 62.1 Å². The molecular formula is C26H33ClN6. The first-order chi connectivity index (χ1) is 16.0. The summed E-state index contributed by atoms with van der Waals surface area (Å²) < 4.78 is 0. The number of nitrogens with one attached hydrogen (secondary N) is 1. The van der Waals surface area contributed by atoms with Gasteiger partial charge in [0.25, 0.3) is 0 Å². The van der Waals surface area contributed by atoms with E-state index in [2.05, 4.69) is 62.2 Å². The van der Waals surface area contributed by atoms with Crippen LogP contribution in [0.5, 0.6) is 0 Å². The van der Waals surface area contributed by atoms with Crippen LogP contribution in [0.15, 0.2) is 48.7 Å². The van der Waals surface area contributed by atoms with Crippen LogP contribution in [0.25, 0.3) is 10.9 Å². The standard InChI is InChI=1S/C26H33ClN6/c1-30-9-13-32(14-10-30)19-20-17-22(4-6-26(20)33-15-11-31(2)12-16-33)29-24-7-8-28-25-18-21(27)3-5-23(24)25/h3-8,17-18H,9-16,19H2,1-2H3,(H,28,29). The molecule has 7 heteroatoms. The molecule has 2 saturated heterocycles. The average molecular weight is 465 g/mol. The first-order valence-corrected chi connectivity index (χ1v) is 12.2. The fourth-order valence-corrected chi connectivity index (χ4v) is 4.94. The van der Waals surface area contributed by atoms with E-state index in [0.717, 1.165) is 81.2 Å². The van der Waals surface area contributed by atoms with Gasteiger partial charge < -0.3 is 20.0 Å². The van der Waals surface area contributed by atoms with Gasteiger partial charge in [-0.25, -0.2) is 0 Å². The van der Waals surface area contributed by atoms with Crippen molar-refractivity contribution < 1.29 is 0 Å². The minimum atomic E-state index is 0.707. The Morgan fingerprint density at radius 2 is 1.58 bits per heavy atom. The second kappa shape index (κ2) is 9.85. The van der Waals surface area contributed by atoms with Gasteiger partial charge >= 0.3 is 0 Å². The van der Waals surface area contributed by atoms with Crippen molar-refractivity contribution in [3.8, 4) is 0 Å². The molecule has 2 fully saturated rings. The Balaban J connectivity index is 1.43. The number of benzene rings is 2. The predicted octanol–water partition coefficient (Wildman–Crippen LogP) is 4.13. The van der Waals surface area contributed by atoms with Gasteiger partial charge in [0.15, 0.2) is 0 Å². The van der Waals surface area contributed by atoms with Gasteiger partial charge in [0.05, 0.1) is 5.52 Å². The molecule has 0 unspecified atom stereocenters. The Morgan fingerprint density at radius 1 is 0.848 bits per heavy atom. The van der Waals surface area contributed by atoms with E-state index in [4.69, 9.17) is 11.6 Å². The zero-order valence-corrected chi connectivity index (χ0v) is 20.4. The predicted molar refractivity (Wildman–Crippen MR) is 139 cm³/mol. The molecule has 0 atom stereocenters. The number of nitrogens with zero attached hydrogens (tertiary/aromatic N) is 5. The molecule has 174 valence electrons. The van der Waals surface area contributed by atoms with Crippen LogP contribution < -0.4 is 10.2 Å². The molecule has 0 bridgehead atoms. The first-order valence-electron chi connectivity index (χ1n) is 11.8. The monoisotopic (exact) mass is 464 g/mol. The van der Waals surface area contributed by atoms with Crippen LogP contribution in [0.3, 0.4) is 0 Å². The Kier molecular flexibility index (Phi) is 6.69. The van der Waals surface area contributed by atoms with Crippen molar-refractivity contribution in [1.29, 1.82) is 0 Å². The summed E-state index contributed by atoms with van der Waals surface area (Å²) in [7, 11) is 4.42. The van der Waals surface area contributed by atoms with Crippen LogP contribution >= 0.6 is 11.6 Å². The summed E-state index contributed by atoms with van der Waals surface area (Å²) >= 11 is 6.18. The van der Waals surface area contributed by atoms with Crippen molar-refractivity contribution in [1.82, 2.24) is 19.7 Å². The van der Waals surface area contributed by atoms with Crippen molar-refractivity contribution >= 4 is 39.6 Å². The zero-order chi connectivity index (χ0) is 22.8. The van der Waals surface area contributed by atoms with Crippen LogP contribution in [0, 0.1) is 0 Å². The zero-order valence-electron chi connectivity index (χ0n) is 19.6. The van der Waals surface area contributed by atoms with Crippen molar-refractivity contribution in [3.63, 3.8) is 0 Å². The van der Waals surface area contributed by atoms with Crippen LogP contribution in [-0.4, -0.2) is 86.1 Å². The normalized spacial score (nSPS) is 18.7. The maximum Gasteiger partial charge on any atom is 0.0737 e. The molecule has 0 saturated carbocycles. The molecule has 1 aromatic heterocycles.